The molecule has 112 valence electrons. The molecule has 0 aliphatic heterocycles. The van der Waals surface area contributed by atoms with Crippen molar-refractivity contribution in [1.82, 2.24) is 5.43 Å². The van der Waals surface area contributed by atoms with Crippen LogP contribution in [-0.2, 0) is 6.42 Å². The van der Waals surface area contributed by atoms with Gasteiger partial charge in [0.2, 0.25) is 0 Å². The maximum atomic E-state index is 13.7. The van der Waals surface area contributed by atoms with Crippen LogP contribution in [0.25, 0.3) is 0 Å². The fraction of sp³-hybridized carbons (Fsp3) is 0.200. The Morgan fingerprint density at radius 1 is 1.19 bits per heavy atom. The molecular formula is C15H15ClF2N2O. The van der Waals surface area contributed by atoms with Crippen LogP contribution in [0.5, 0.6) is 5.75 Å². The summed E-state index contributed by atoms with van der Waals surface area (Å²) in [5, 5.41) is 0.0463. The summed E-state index contributed by atoms with van der Waals surface area (Å²) in [6, 6.07) is 8.74. The molecule has 0 saturated carbocycles. The molecule has 0 radical (unpaired) electrons. The van der Waals surface area contributed by atoms with E-state index in [1.165, 1.54) is 25.3 Å². The van der Waals surface area contributed by atoms with E-state index in [9.17, 15) is 8.78 Å². The van der Waals surface area contributed by atoms with Crippen molar-refractivity contribution < 1.29 is 13.5 Å². The molecule has 2 rings (SSSR count). The van der Waals surface area contributed by atoms with E-state index in [1.54, 1.807) is 18.2 Å². The summed E-state index contributed by atoms with van der Waals surface area (Å²) in [5.74, 6) is 4.72. The SMILES string of the molecule is COc1ccc(CC(NN)c2ccc(Cl)c(F)c2)cc1F. The molecule has 3 nitrogen and oxygen atoms in total. The lowest BCUT2D eigenvalue weighted by atomic mass is 9.99. The average molecular weight is 313 g/mol. The number of ether oxygens (including phenoxy) is 1. The second-order valence-electron chi connectivity index (χ2n) is 4.57. The van der Waals surface area contributed by atoms with E-state index < -0.39 is 11.6 Å². The topological polar surface area (TPSA) is 47.3 Å². The standard InChI is InChI=1S/C15H15ClF2N2O/c1-21-15-5-2-9(6-13(15)18)7-14(20-19)10-3-4-11(16)12(17)8-10/h2-6,8,14,20H,7,19H2,1H3. The fourth-order valence-corrected chi connectivity index (χ4v) is 2.19. The lowest BCUT2D eigenvalue weighted by molar-refractivity contribution is 0.386. The van der Waals surface area contributed by atoms with E-state index in [4.69, 9.17) is 22.2 Å². The normalized spacial score (nSPS) is 12.2. The first kappa shape index (κ1) is 15.7. The van der Waals surface area contributed by atoms with Gasteiger partial charge in [-0.2, -0.15) is 0 Å². The van der Waals surface area contributed by atoms with Gasteiger partial charge in [-0.1, -0.05) is 23.7 Å². The Morgan fingerprint density at radius 3 is 2.52 bits per heavy atom. The minimum absolute atomic E-state index is 0.0463. The molecule has 2 aromatic rings. The number of nitrogens with two attached hydrogens (primary N) is 1. The van der Waals surface area contributed by atoms with Crippen LogP contribution in [0.1, 0.15) is 17.2 Å². The molecule has 21 heavy (non-hydrogen) atoms. The number of methoxy groups -OCH3 is 1. The van der Waals surface area contributed by atoms with Gasteiger partial charge in [-0.15, -0.1) is 0 Å². The van der Waals surface area contributed by atoms with E-state index in [0.717, 1.165) is 0 Å². The summed E-state index contributed by atoms with van der Waals surface area (Å²) < 4.78 is 32.0. The van der Waals surface area contributed by atoms with Crippen molar-refractivity contribution in [2.24, 2.45) is 5.84 Å². The van der Waals surface area contributed by atoms with Gasteiger partial charge in [0, 0.05) is 0 Å². The largest absolute Gasteiger partial charge is 0.494 e. The molecule has 0 fully saturated rings. The van der Waals surface area contributed by atoms with E-state index in [1.807, 2.05) is 0 Å². The molecular weight excluding hydrogens is 298 g/mol. The molecule has 0 amide bonds. The Hall–Kier alpha value is -1.69. The molecule has 0 aliphatic rings. The van der Waals surface area contributed by atoms with Crippen molar-refractivity contribution in [2.45, 2.75) is 12.5 Å². The van der Waals surface area contributed by atoms with Crippen molar-refractivity contribution in [1.29, 1.82) is 0 Å². The van der Waals surface area contributed by atoms with Crippen LogP contribution >= 0.6 is 11.6 Å². The number of hydrogen-bond donors (Lipinski definition) is 2. The summed E-state index contributed by atoms with van der Waals surface area (Å²) >= 11 is 5.65. The second kappa shape index (κ2) is 6.85. The molecule has 0 saturated heterocycles. The average Bonchev–Trinajstić information content (AvgIpc) is 2.48. The quantitative estimate of drug-likeness (QED) is 0.657. The van der Waals surface area contributed by atoms with Gasteiger partial charge in [0.25, 0.3) is 0 Å². The van der Waals surface area contributed by atoms with Crippen molar-refractivity contribution in [3.8, 4) is 5.75 Å². The molecule has 3 N–H and O–H groups in total. The first-order valence-corrected chi connectivity index (χ1v) is 6.66. The smallest absolute Gasteiger partial charge is 0.165 e. The van der Waals surface area contributed by atoms with Crippen LogP contribution in [0.3, 0.4) is 0 Å². The maximum absolute atomic E-state index is 13.7. The van der Waals surface area contributed by atoms with Crippen molar-refractivity contribution in [3.63, 3.8) is 0 Å². The highest BCUT2D eigenvalue weighted by Gasteiger charge is 2.14. The molecule has 0 aliphatic carbocycles. The third-order valence-corrected chi connectivity index (χ3v) is 3.51. The summed E-state index contributed by atoms with van der Waals surface area (Å²) in [4.78, 5) is 0. The molecule has 0 heterocycles. The molecule has 2 aromatic carbocycles. The van der Waals surface area contributed by atoms with Crippen molar-refractivity contribution in [2.75, 3.05) is 7.11 Å². The Kier molecular flexibility index (Phi) is 5.12. The lowest BCUT2D eigenvalue weighted by Crippen LogP contribution is -2.29. The van der Waals surface area contributed by atoms with Crippen LogP contribution in [0, 0.1) is 11.6 Å². The van der Waals surface area contributed by atoms with Crippen LogP contribution in [0.2, 0.25) is 5.02 Å². The predicted molar refractivity (Wildman–Crippen MR) is 78.1 cm³/mol. The molecule has 0 spiro atoms. The Bertz CT molecular complexity index is 637. The van der Waals surface area contributed by atoms with E-state index in [0.29, 0.717) is 17.5 Å². The highest BCUT2D eigenvalue weighted by molar-refractivity contribution is 6.30. The van der Waals surface area contributed by atoms with Crippen LogP contribution in [0.4, 0.5) is 8.78 Å². The molecule has 6 heteroatoms. The highest BCUT2D eigenvalue weighted by Crippen LogP contribution is 2.24. The molecule has 0 aromatic heterocycles. The van der Waals surface area contributed by atoms with E-state index in [-0.39, 0.29) is 16.8 Å². The first-order valence-electron chi connectivity index (χ1n) is 6.28. The first-order chi connectivity index (χ1) is 10.0. The minimum Gasteiger partial charge on any atom is -0.494 e. The van der Waals surface area contributed by atoms with Crippen LogP contribution < -0.4 is 16.0 Å². The van der Waals surface area contributed by atoms with Crippen molar-refractivity contribution in [3.05, 3.63) is 64.2 Å². The second-order valence-corrected chi connectivity index (χ2v) is 4.97. The van der Waals surface area contributed by atoms with Gasteiger partial charge in [-0.3, -0.25) is 11.3 Å². The number of halogens is 3. The van der Waals surface area contributed by atoms with Crippen LogP contribution in [0.15, 0.2) is 36.4 Å². The summed E-state index contributed by atoms with van der Waals surface area (Å²) in [5.41, 5.74) is 3.95. The third kappa shape index (κ3) is 3.69. The van der Waals surface area contributed by atoms with E-state index >= 15 is 0 Å². The number of benzene rings is 2. The van der Waals surface area contributed by atoms with Gasteiger partial charge in [0.05, 0.1) is 18.2 Å². The molecule has 0 bridgehead atoms. The molecule has 1 unspecified atom stereocenters. The van der Waals surface area contributed by atoms with Gasteiger partial charge in [-0.05, 0) is 41.8 Å². The number of rotatable bonds is 5. The van der Waals surface area contributed by atoms with Gasteiger partial charge in [0.1, 0.15) is 5.82 Å². The Balaban J connectivity index is 2.22. The zero-order chi connectivity index (χ0) is 15.4. The van der Waals surface area contributed by atoms with Crippen molar-refractivity contribution >= 4 is 11.6 Å². The monoisotopic (exact) mass is 312 g/mol. The van der Waals surface area contributed by atoms with Gasteiger partial charge in [-0.25, -0.2) is 8.78 Å². The zero-order valence-electron chi connectivity index (χ0n) is 11.4. The lowest BCUT2D eigenvalue weighted by Gasteiger charge is -2.17. The number of hydrogen-bond acceptors (Lipinski definition) is 3. The van der Waals surface area contributed by atoms with Gasteiger partial charge in [0.15, 0.2) is 11.6 Å². The Labute approximate surface area is 126 Å². The summed E-state index contributed by atoms with van der Waals surface area (Å²) in [6.07, 6.45) is 0.401. The number of nitrogens with one attached hydrogen (secondary N) is 1. The highest BCUT2D eigenvalue weighted by atomic mass is 35.5. The minimum atomic E-state index is -0.518. The van der Waals surface area contributed by atoms with Gasteiger partial charge >= 0.3 is 0 Å². The third-order valence-electron chi connectivity index (χ3n) is 3.20. The number of hydrazine groups is 1. The predicted octanol–water partition coefficient (Wildman–Crippen LogP) is 3.37. The van der Waals surface area contributed by atoms with E-state index in [2.05, 4.69) is 5.43 Å². The summed E-state index contributed by atoms with van der Waals surface area (Å²) in [7, 11) is 1.40. The maximum Gasteiger partial charge on any atom is 0.165 e. The molecule has 1 atom stereocenters. The Morgan fingerprint density at radius 2 is 1.95 bits per heavy atom. The zero-order valence-corrected chi connectivity index (χ0v) is 12.1. The van der Waals surface area contributed by atoms with Gasteiger partial charge < -0.3 is 4.74 Å². The fourth-order valence-electron chi connectivity index (χ4n) is 2.07. The van der Waals surface area contributed by atoms with Crippen LogP contribution in [-0.4, -0.2) is 7.11 Å². The summed E-state index contributed by atoms with van der Waals surface area (Å²) in [6.45, 7) is 0.